The van der Waals surface area contributed by atoms with Gasteiger partial charge in [0.25, 0.3) is 0 Å². The predicted octanol–water partition coefficient (Wildman–Crippen LogP) is 6.68. The van der Waals surface area contributed by atoms with Crippen LogP contribution in [0, 0.1) is 5.41 Å². The SMILES string of the molecule is CC1=CCC/C1=C/C=C(C)/C=C/C1=C(C)CCCC1(C)C. The molecule has 0 saturated heterocycles. The summed E-state index contributed by atoms with van der Waals surface area (Å²) in [5, 5.41) is 0. The summed E-state index contributed by atoms with van der Waals surface area (Å²) in [6.07, 6.45) is 17.9. The van der Waals surface area contributed by atoms with E-state index in [1.807, 2.05) is 0 Å². The summed E-state index contributed by atoms with van der Waals surface area (Å²) < 4.78 is 0. The van der Waals surface area contributed by atoms with Crippen LogP contribution in [0.4, 0.5) is 0 Å². The third-order valence-corrected chi connectivity index (χ3v) is 4.97. The van der Waals surface area contributed by atoms with Gasteiger partial charge in [-0.25, -0.2) is 0 Å². The first-order chi connectivity index (χ1) is 9.90. The van der Waals surface area contributed by atoms with Crippen molar-refractivity contribution in [2.75, 3.05) is 0 Å². The third-order valence-electron chi connectivity index (χ3n) is 4.97. The molecular formula is C21H30. The van der Waals surface area contributed by atoms with Gasteiger partial charge in [0.2, 0.25) is 0 Å². The number of hydrogen-bond donors (Lipinski definition) is 0. The molecular weight excluding hydrogens is 252 g/mol. The molecule has 0 aliphatic heterocycles. The predicted molar refractivity (Wildman–Crippen MR) is 94.3 cm³/mol. The lowest BCUT2D eigenvalue weighted by atomic mass is 9.72. The molecule has 0 nitrogen and oxygen atoms in total. The van der Waals surface area contributed by atoms with Crippen LogP contribution in [0.1, 0.15) is 66.7 Å². The zero-order valence-corrected chi connectivity index (χ0v) is 14.4. The Morgan fingerprint density at radius 2 is 1.95 bits per heavy atom. The van der Waals surface area contributed by atoms with Gasteiger partial charge >= 0.3 is 0 Å². The minimum Gasteiger partial charge on any atom is -0.0810 e. The fourth-order valence-electron chi connectivity index (χ4n) is 3.50. The molecule has 0 heteroatoms. The van der Waals surface area contributed by atoms with E-state index in [2.05, 4.69) is 65.0 Å². The van der Waals surface area contributed by atoms with E-state index in [1.54, 1.807) is 11.1 Å². The molecule has 0 aromatic heterocycles. The van der Waals surface area contributed by atoms with E-state index >= 15 is 0 Å². The summed E-state index contributed by atoms with van der Waals surface area (Å²) in [7, 11) is 0. The first-order valence-corrected chi connectivity index (χ1v) is 8.33. The quantitative estimate of drug-likeness (QED) is 0.506. The standard InChI is InChI=1S/C21H30/c1-16(11-13-19-10-6-8-17(19)2)12-14-20-18(3)9-7-15-21(20,4)5/h8,11-14H,6-7,9-10,15H2,1-5H3/b14-12+,16-11+,19-13-. The fourth-order valence-corrected chi connectivity index (χ4v) is 3.50. The average Bonchev–Trinajstić information content (AvgIpc) is 2.80. The lowest BCUT2D eigenvalue weighted by Gasteiger charge is -2.32. The van der Waals surface area contributed by atoms with Crippen molar-refractivity contribution in [3.05, 3.63) is 58.2 Å². The summed E-state index contributed by atoms with van der Waals surface area (Å²) in [6, 6.07) is 0. The van der Waals surface area contributed by atoms with Crippen molar-refractivity contribution in [2.45, 2.75) is 66.7 Å². The van der Waals surface area contributed by atoms with Crippen LogP contribution < -0.4 is 0 Å². The zero-order valence-electron chi connectivity index (χ0n) is 14.4. The van der Waals surface area contributed by atoms with Crippen molar-refractivity contribution in [3.63, 3.8) is 0 Å². The smallest absolute Gasteiger partial charge is 0.0104 e. The molecule has 0 aromatic rings. The van der Waals surface area contributed by atoms with Crippen molar-refractivity contribution in [3.8, 4) is 0 Å². The maximum Gasteiger partial charge on any atom is -0.0104 e. The molecule has 2 aliphatic carbocycles. The average molecular weight is 282 g/mol. The summed E-state index contributed by atoms with van der Waals surface area (Å²) in [4.78, 5) is 0. The first-order valence-electron chi connectivity index (χ1n) is 8.33. The fraction of sp³-hybridized carbons (Fsp3) is 0.524. The number of rotatable bonds is 3. The lowest BCUT2D eigenvalue weighted by Crippen LogP contribution is -2.19. The highest BCUT2D eigenvalue weighted by molar-refractivity contribution is 5.40. The van der Waals surface area contributed by atoms with Crippen molar-refractivity contribution < 1.29 is 0 Å². The Morgan fingerprint density at radius 1 is 1.19 bits per heavy atom. The molecule has 2 aliphatic rings. The molecule has 0 bridgehead atoms. The van der Waals surface area contributed by atoms with Gasteiger partial charge in [-0.3, -0.25) is 0 Å². The van der Waals surface area contributed by atoms with Crippen LogP contribution in [0.5, 0.6) is 0 Å². The van der Waals surface area contributed by atoms with Gasteiger partial charge in [-0.15, -0.1) is 0 Å². The summed E-state index contributed by atoms with van der Waals surface area (Å²) in [5.41, 5.74) is 7.74. The molecule has 114 valence electrons. The van der Waals surface area contributed by atoms with Crippen molar-refractivity contribution in [1.29, 1.82) is 0 Å². The van der Waals surface area contributed by atoms with Crippen LogP contribution in [0.2, 0.25) is 0 Å². The van der Waals surface area contributed by atoms with Gasteiger partial charge in [0.1, 0.15) is 0 Å². The second-order valence-electron chi connectivity index (χ2n) is 7.29. The molecule has 0 atom stereocenters. The minimum atomic E-state index is 0.336. The lowest BCUT2D eigenvalue weighted by molar-refractivity contribution is 0.377. The van der Waals surface area contributed by atoms with Crippen LogP contribution in [-0.4, -0.2) is 0 Å². The highest BCUT2D eigenvalue weighted by atomic mass is 14.3. The largest absolute Gasteiger partial charge is 0.0810 e. The third kappa shape index (κ3) is 4.09. The van der Waals surface area contributed by atoms with Gasteiger partial charge in [0.05, 0.1) is 0 Å². The van der Waals surface area contributed by atoms with E-state index in [0.717, 1.165) is 0 Å². The molecule has 0 radical (unpaired) electrons. The van der Waals surface area contributed by atoms with E-state index in [-0.39, 0.29) is 0 Å². The Labute approximate surface area is 131 Å². The highest BCUT2D eigenvalue weighted by Crippen LogP contribution is 2.40. The maximum atomic E-state index is 2.38. The second-order valence-corrected chi connectivity index (χ2v) is 7.29. The van der Waals surface area contributed by atoms with Gasteiger partial charge in [0.15, 0.2) is 0 Å². The van der Waals surface area contributed by atoms with Crippen LogP contribution >= 0.6 is 0 Å². The van der Waals surface area contributed by atoms with Crippen LogP contribution in [0.3, 0.4) is 0 Å². The molecule has 0 amide bonds. The Hall–Kier alpha value is -1.30. The molecule has 0 fully saturated rings. The molecule has 0 aromatic carbocycles. The summed E-state index contributed by atoms with van der Waals surface area (Å²) in [5.74, 6) is 0. The Kier molecular flexibility index (Phi) is 5.08. The monoisotopic (exact) mass is 282 g/mol. The first kappa shape index (κ1) is 16.1. The van der Waals surface area contributed by atoms with Crippen LogP contribution in [0.25, 0.3) is 0 Å². The zero-order chi connectivity index (χ0) is 15.5. The molecule has 0 heterocycles. The molecule has 0 N–H and O–H groups in total. The van der Waals surface area contributed by atoms with E-state index < -0.39 is 0 Å². The van der Waals surface area contributed by atoms with Gasteiger partial charge in [-0.2, -0.15) is 0 Å². The van der Waals surface area contributed by atoms with E-state index in [9.17, 15) is 0 Å². The van der Waals surface area contributed by atoms with Crippen LogP contribution in [0.15, 0.2) is 58.2 Å². The van der Waals surface area contributed by atoms with Crippen molar-refractivity contribution in [1.82, 2.24) is 0 Å². The number of hydrogen-bond acceptors (Lipinski definition) is 0. The summed E-state index contributed by atoms with van der Waals surface area (Å²) in [6.45, 7) is 11.5. The van der Waals surface area contributed by atoms with E-state index in [0.29, 0.717) is 5.41 Å². The van der Waals surface area contributed by atoms with Gasteiger partial charge in [0, 0.05) is 0 Å². The van der Waals surface area contributed by atoms with Gasteiger partial charge in [-0.1, -0.05) is 60.9 Å². The maximum absolute atomic E-state index is 2.38. The van der Waals surface area contributed by atoms with Crippen LogP contribution in [-0.2, 0) is 0 Å². The molecule has 0 unspecified atom stereocenters. The molecule has 0 spiro atoms. The second kappa shape index (κ2) is 6.64. The molecule has 2 rings (SSSR count). The Balaban J connectivity index is 2.11. The molecule has 0 saturated carbocycles. The van der Waals surface area contributed by atoms with Crippen molar-refractivity contribution >= 4 is 0 Å². The van der Waals surface area contributed by atoms with Gasteiger partial charge in [-0.05, 0) is 69.4 Å². The Bertz CT molecular complexity index is 545. The minimum absolute atomic E-state index is 0.336. The Morgan fingerprint density at radius 3 is 2.57 bits per heavy atom. The van der Waals surface area contributed by atoms with Gasteiger partial charge < -0.3 is 0 Å². The van der Waals surface area contributed by atoms with E-state index in [1.165, 1.54) is 48.8 Å². The molecule has 21 heavy (non-hydrogen) atoms. The summed E-state index contributed by atoms with van der Waals surface area (Å²) >= 11 is 0. The topological polar surface area (TPSA) is 0 Å². The van der Waals surface area contributed by atoms with E-state index in [4.69, 9.17) is 0 Å². The normalized spacial score (nSPS) is 25.1. The number of allylic oxidation sites excluding steroid dienone is 10. The highest BCUT2D eigenvalue weighted by Gasteiger charge is 2.26. The van der Waals surface area contributed by atoms with Crippen molar-refractivity contribution in [2.24, 2.45) is 5.41 Å².